The van der Waals surface area contributed by atoms with Gasteiger partial charge in [-0.05, 0) is 29.5 Å². The van der Waals surface area contributed by atoms with Gasteiger partial charge in [-0.1, -0.05) is 32.0 Å². The highest BCUT2D eigenvalue weighted by atomic mass is 19.4. The lowest BCUT2D eigenvalue weighted by molar-refractivity contribution is -0.141. The molecule has 1 aromatic carbocycles. The first kappa shape index (κ1) is 12.9. The Hall–Kier alpha value is -1.52. The minimum atomic E-state index is -4.50. The molecule has 0 bridgehead atoms. The normalized spacial score (nSPS) is 13.3. The minimum Gasteiger partial charge on any atom is -0.356 e. The van der Waals surface area contributed by atoms with E-state index in [1.807, 2.05) is 20.8 Å². The topological polar surface area (TPSA) is 26.0 Å². The number of nitrogens with zero attached hydrogens (tertiary/aromatic N) is 1. The lowest BCUT2D eigenvalue weighted by Gasteiger charge is -2.23. The Balaban J connectivity index is 2.91. The Bertz CT molecular complexity index is 591. The van der Waals surface area contributed by atoms with Crippen LogP contribution in [0.25, 0.3) is 11.0 Å². The van der Waals surface area contributed by atoms with Gasteiger partial charge < -0.3 is 4.52 Å². The first-order valence-corrected chi connectivity index (χ1v) is 5.59. The Labute approximate surface area is 103 Å². The molecule has 0 amide bonds. The predicted octanol–water partition coefficient (Wildman–Crippen LogP) is 4.45. The van der Waals surface area contributed by atoms with Gasteiger partial charge in [-0.25, -0.2) is 0 Å². The lowest BCUT2D eigenvalue weighted by atomic mass is 9.81. The minimum absolute atomic E-state index is 0.0787. The van der Waals surface area contributed by atoms with Crippen molar-refractivity contribution in [1.82, 2.24) is 5.16 Å². The highest BCUT2D eigenvalue weighted by molar-refractivity contribution is 5.86. The van der Waals surface area contributed by atoms with Crippen LogP contribution in [0.2, 0.25) is 0 Å². The van der Waals surface area contributed by atoms with Crippen molar-refractivity contribution in [1.29, 1.82) is 0 Å². The number of benzene rings is 1. The molecule has 0 atom stereocenters. The molecule has 1 aromatic heterocycles. The Morgan fingerprint density at radius 1 is 1.11 bits per heavy atom. The molecule has 2 aromatic rings. The molecule has 18 heavy (non-hydrogen) atoms. The second kappa shape index (κ2) is 3.73. The Morgan fingerprint density at radius 2 is 1.72 bits per heavy atom. The molecule has 0 saturated carbocycles. The van der Waals surface area contributed by atoms with Gasteiger partial charge in [0.1, 0.15) is 0 Å². The van der Waals surface area contributed by atoms with Crippen molar-refractivity contribution >= 4 is 11.0 Å². The van der Waals surface area contributed by atoms with E-state index in [2.05, 4.69) is 5.16 Å². The maximum atomic E-state index is 12.9. The summed E-state index contributed by atoms with van der Waals surface area (Å²) >= 11 is 0. The van der Waals surface area contributed by atoms with Gasteiger partial charge in [0.05, 0.1) is 5.39 Å². The molecule has 0 N–H and O–H groups in total. The summed E-state index contributed by atoms with van der Waals surface area (Å²) in [5, 5.41) is 3.26. The van der Waals surface area contributed by atoms with Crippen LogP contribution in [0.5, 0.6) is 0 Å². The first-order valence-electron chi connectivity index (χ1n) is 5.59. The first-order chi connectivity index (χ1) is 8.12. The fourth-order valence-corrected chi connectivity index (χ4v) is 2.30. The number of hydrogen-bond donors (Lipinski definition) is 0. The summed E-state index contributed by atoms with van der Waals surface area (Å²) in [6, 6.07) is 3.29. The van der Waals surface area contributed by atoms with Gasteiger partial charge in [0, 0.05) is 0 Å². The summed E-state index contributed by atoms with van der Waals surface area (Å²) in [5.41, 5.74) is 0.274. The van der Waals surface area contributed by atoms with Crippen molar-refractivity contribution in [2.45, 2.75) is 39.3 Å². The van der Waals surface area contributed by atoms with E-state index in [4.69, 9.17) is 4.52 Å². The zero-order valence-corrected chi connectivity index (χ0v) is 10.6. The predicted molar refractivity (Wildman–Crippen MR) is 62.4 cm³/mol. The smallest absolute Gasteiger partial charge is 0.356 e. The van der Waals surface area contributed by atoms with E-state index in [0.29, 0.717) is 5.56 Å². The van der Waals surface area contributed by atoms with E-state index in [1.165, 1.54) is 6.07 Å². The van der Waals surface area contributed by atoms with Crippen molar-refractivity contribution in [2.24, 2.45) is 0 Å². The fraction of sp³-hybridized carbons (Fsp3) is 0.462. The zero-order chi connectivity index (χ0) is 13.7. The molecule has 98 valence electrons. The van der Waals surface area contributed by atoms with E-state index in [1.54, 1.807) is 13.0 Å². The van der Waals surface area contributed by atoms with Crippen molar-refractivity contribution in [3.8, 4) is 0 Å². The number of halogens is 3. The zero-order valence-electron chi connectivity index (χ0n) is 10.6. The molecule has 5 heteroatoms. The number of hydrogen-bond acceptors (Lipinski definition) is 2. The van der Waals surface area contributed by atoms with E-state index < -0.39 is 17.3 Å². The summed E-state index contributed by atoms with van der Waals surface area (Å²) < 4.78 is 43.6. The molecule has 0 spiro atoms. The summed E-state index contributed by atoms with van der Waals surface area (Å²) in [6.07, 6.45) is -4.50. The molecule has 0 fully saturated rings. The summed E-state index contributed by atoms with van der Waals surface area (Å²) in [4.78, 5) is 0. The summed E-state index contributed by atoms with van der Waals surface area (Å²) in [5.74, 6) is 0. The van der Waals surface area contributed by atoms with E-state index in [0.717, 1.165) is 5.56 Å². The molecule has 0 aliphatic carbocycles. The van der Waals surface area contributed by atoms with Crippen LogP contribution in [-0.4, -0.2) is 5.16 Å². The molecule has 0 unspecified atom stereocenters. The molecule has 0 radical (unpaired) electrons. The van der Waals surface area contributed by atoms with E-state index in [9.17, 15) is 13.2 Å². The van der Waals surface area contributed by atoms with Crippen molar-refractivity contribution in [3.63, 3.8) is 0 Å². The molecule has 2 rings (SSSR count). The van der Waals surface area contributed by atoms with Crippen LogP contribution >= 0.6 is 0 Å². The number of rotatable bonds is 0. The molecule has 0 aliphatic heterocycles. The van der Waals surface area contributed by atoms with E-state index >= 15 is 0 Å². The van der Waals surface area contributed by atoms with Gasteiger partial charge in [0.2, 0.25) is 0 Å². The summed E-state index contributed by atoms with van der Waals surface area (Å²) in [6.45, 7) is 7.43. The van der Waals surface area contributed by atoms with Crippen LogP contribution in [0, 0.1) is 6.92 Å². The van der Waals surface area contributed by atoms with Gasteiger partial charge in [-0.3, -0.25) is 0 Å². The molecule has 2 nitrogen and oxygen atoms in total. The maximum absolute atomic E-state index is 12.9. The average Bonchev–Trinajstić information content (AvgIpc) is 2.57. The van der Waals surface area contributed by atoms with Crippen LogP contribution in [0.1, 0.15) is 37.6 Å². The molecule has 0 aliphatic rings. The van der Waals surface area contributed by atoms with Crippen LogP contribution in [0.3, 0.4) is 0 Å². The summed E-state index contributed by atoms with van der Waals surface area (Å²) in [7, 11) is 0. The largest absolute Gasteiger partial charge is 0.437 e. The van der Waals surface area contributed by atoms with Gasteiger partial charge >= 0.3 is 6.18 Å². The van der Waals surface area contributed by atoms with Gasteiger partial charge in [-0.2, -0.15) is 13.2 Å². The lowest BCUT2D eigenvalue weighted by Crippen LogP contribution is -2.16. The number of fused-ring (bicyclic) bond motifs is 1. The molecular formula is C13H14F3NO. The third-order valence-corrected chi connectivity index (χ3v) is 2.87. The second-order valence-corrected chi connectivity index (χ2v) is 5.41. The highest BCUT2D eigenvalue weighted by Crippen LogP contribution is 2.40. The molecular weight excluding hydrogens is 243 g/mol. The third-order valence-electron chi connectivity index (χ3n) is 2.87. The quantitative estimate of drug-likeness (QED) is 0.696. The SMILES string of the molecule is Cc1ccc2onc(C(F)(F)F)c2c1C(C)(C)C. The monoisotopic (exact) mass is 257 g/mol. The Morgan fingerprint density at radius 3 is 2.22 bits per heavy atom. The second-order valence-electron chi connectivity index (χ2n) is 5.41. The highest BCUT2D eigenvalue weighted by Gasteiger charge is 2.39. The van der Waals surface area contributed by atoms with E-state index in [-0.39, 0.29) is 11.0 Å². The third kappa shape index (κ3) is 1.98. The van der Waals surface area contributed by atoms with Crippen LogP contribution in [0.4, 0.5) is 13.2 Å². The van der Waals surface area contributed by atoms with Gasteiger partial charge in [0.25, 0.3) is 0 Å². The standard InChI is InChI=1S/C13H14F3NO/c1-7-5-6-8-9(10(7)12(2,3)4)11(17-18-8)13(14,15)16/h5-6H,1-4H3. The van der Waals surface area contributed by atoms with Crippen molar-refractivity contribution in [3.05, 3.63) is 29.0 Å². The molecule has 1 heterocycles. The Kier molecular flexibility index (Phi) is 2.68. The van der Waals surface area contributed by atoms with Crippen LogP contribution < -0.4 is 0 Å². The van der Waals surface area contributed by atoms with Crippen molar-refractivity contribution in [2.75, 3.05) is 0 Å². The van der Waals surface area contributed by atoms with Gasteiger partial charge in [-0.15, -0.1) is 0 Å². The molecule has 0 saturated heterocycles. The number of aryl methyl sites for hydroxylation is 1. The fourth-order valence-electron chi connectivity index (χ4n) is 2.30. The number of aromatic nitrogens is 1. The van der Waals surface area contributed by atoms with Crippen LogP contribution in [-0.2, 0) is 11.6 Å². The van der Waals surface area contributed by atoms with Gasteiger partial charge in [0.15, 0.2) is 11.3 Å². The van der Waals surface area contributed by atoms with Crippen LogP contribution in [0.15, 0.2) is 16.7 Å². The van der Waals surface area contributed by atoms with Crippen molar-refractivity contribution < 1.29 is 17.7 Å². The average molecular weight is 257 g/mol. The number of alkyl halides is 3. The maximum Gasteiger partial charge on any atom is 0.437 e.